The monoisotopic (exact) mass is 220 g/mol. The van der Waals surface area contributed by atoms with Crippen molar-refractivity contribution in [3.63, 3.8) is 0 Å². The maximum Gasteiger partial charge on any atom is 0.127 e. The summed E-state index contributed by atoms with van der Waals surface area (Å²) in [5.41, 5.74) is 8.36. The molecule has 0 fully saturated rings. The molecular weight excluding hydrogens is 200 g/mol. The van der Waals surface area contributed by atoms with Crippen LogP contribution in [0.25, 0.3) is 0 Å². The van der Waals surface area contributed by atoms with E-state index in [9.17, 15) is 0 Å². The highest BCUT2D eigenvalue weighted by molar-refractivity contribution is 5.46. The Labute approximate surface area is 97.2 Å². The van der Waals surface area contributed by atoms with Gasteiger partial charge in [0.2, 0.25) is 0 Å². The van der Waals surface area contributed by atoms with Crippen molar-refractivity contribution in [2.24, 2.45) is 5.73 Å². The normalized spacial score (nSPS) is 24.1. The third-order valence-electron chi connectivity index (χ3n) is 3.67. The van der Waals surface area contributed by atoms with Crippen molar-refractivity contribution in [3.05, 3.63) is 29.3 Å². The first-order chi connectivity index (χ1) is 7.62. The van der Waals surface area contributed by atoms with E-state index in [1.54, 1.807) is 0 Å². The van der Waals surface area contributed by atoms with Gasteiger partial charge in [-0.05, 0) is 26.6 Å². The largest absolute Gasteiger partial charge is 0.493 e. The highest BCUT2D eigenvalue weighted by atomic mass is 16.5. The van der Waals surface area contributed by atoms with E-state index < -0.39 is 0 Å². The SMILES string of the molecule is Cc1cccc2c1OCCC2(CN)N(C)C. The van der Waals surface area contributed by atoms with Crippen LogP contribution in [0.15, 0.2) is 18.2 Å². The zero-order valence-electron chi connectivity index (χ0n) is 10.3. The topological polar surface area (TPSA) is 38.5 Å². The van der Waals surface area contributed by atoms with E-state index in [0.29, 0.717) is 6.54 Å². The van der Waals surface area contributed by atoms with Gasteiger partial charge < -0.3 is 10.5 Å². The molecule has 0 saturated heterocycles. The second-order valence-corrected chi connectivity index (χ2v) is 4.68. The predicted octanol–water partition coefficient (Wildman–Crippen LogP) is 1.49. The minimum absolute atomic E-state index is 0.0698. The number of fused-ring (bicyclic) bond motifs is 1. The Hall–Kier alpha value is -1.06. The first-order valence-electron chi connectivity index (χ1n) is 5.72. The summed E-state index contributed by atoms with van der Waals surface area (Å²) in [6.45, 7) is 3.45. The van der Waals surface area contributed by atoms with Crippen molar-refractivity contribution in [3.8, 4) is 5.75 Å². The van der Waals surface area contributed by atoms with E-state index in [4.69, 9.17) is 10.5 Å². The summed E-state index contributed by atoms with van der Waals surface area (Å²) in [5, 5.41) is 0. The molecule has 0 aliphatic carbocycles. The molecule has 3 heteroatoms. The van der Waals surface area contributed by atoms with E-state index in [1.165, 1.54) is 11.1 Å². The second-order valence-electron chi connectivity index (χ2n) is 4.68. The number of benzene rings is 1. The lowest BCUT2D eigenvalue weighted by atomic mass is 9.82. The first kappa shape index (κ1) is 11.4. The number of aryl methyl sites for hydroxylation is 1. The summed E-state index contributed by atoms with van der Waals surface area (Å²) in [7, 11) is 4.18. The number of rotatable bonds is 2. The van der Waals surface area contributed by atoms with Crippen LogP contribution in [0.2, 0.25) is 0 Å². The van der Waals surface area contributed by atoms with Crippen LogP contribution in [0, 0.1) is 6.92 Å². The third kappa shape index (κ3) is 1.51. The van der Waals surface area contributed by atoms with Gasteiger partial charge in [0, 0.05) is 18.5 Å². The predicted molar refractivity (Wildman–Crippen MR) is 65.7 cm³/mol. The van der Waals surface area contributed by atoms with Crippen LogP contribution >= 0.6 is 0 Å². The molecule has 1 heterocycles. The smallest absolute Gasteiger partial charge is 0.127 e. The van der Waals surface area contributed by atoms with Gasteiger partial charge in [-0.1, -0.05) is 18.2 Å². The van der Waals surface area contributed by atoms with Gasteiger partial charge in [0.05, 0.1) is 12.1 Å². The Kier molecular flexibility index (Phi) is 2.91. The molecule has 3 nitrogen and oxygen atoms in total. The van der Waals surface area contributed by atoms with E-state index in [1.807, 2.05) is 0 Å². The van der Waals surface area contributed by atoms with Crippen LogP contribution in [-0.2, 0) is 5.54 Å². The summed E-state index contributed by atoms with van der Waals surface area (Å²) in [4.78, 5) is 2.22. The van der Waals surface area contributed by atoms with Crippen molar-refractivity contribution in [1.29, 1.82) is 0 Å². The molecule has 0 spiro atoms. The van der Waals surface area contributed by atoms with Gasteiger partial charge in [0.15, 0.2) is 0 Å². The van der Waals surface area contributed by atoms with E-state index in [2.05, 4.69) is 44.1 Å². The third-order valence-corrected chi connectivity index (χ3v) is 3.67. The molecule has 1 unspecified atom stereocenters. The molecule has 0 saturated carbocycles. The fourth-order valence-electron chi connectivity index (χ4n) is 2.53. The van der Waals surface area contributed by atoms with Gasteiger partial charge in [-0.3, -0.25) is 4.90 Å². The number of nitrogens with zero attached hydrogens (tertiary/aromatic N) is 1. The van der Waals surface area contributed by atoms with Crippen molar-refractivity contribution < 1.29 is 4.74 Å². The fourth-order valence-corrected chi connectivity index (χ4v) is 2.53. The maximum absolute atomic E-state index is 6.01. The lowest BCUT2D eigenvalue weighted by Gasteiger charge is -2.43. The van der Waals surface area contributed by atoms with Crippen molar-refractivity contribution in [2.45, 2.75) is 18.9 Å². The molecule has 2 N–H and O–H groups in total. The summed E-state index contributed by atoms with van der Waals surface area (Å²) < 4.78 is 5.78. The number of hydrogen-bond acceptors (Lipinski definition) is 3. The Bertz CT molecular complexity index is 390. The maximum atomic E-state index is 6.01. The molecule has 1 aromatic rings. The average molecular weight is 220 g/mol. The zero-order chi connectivity index (χ0) is 11.8. The highest BCUT2D eigenvalue weighted by Gasteiger charge is 2.38. The van der Waals surface area contributed by atoms with Crippen LogP contribution in [0.3, 0.4) is 0 Å². The van der Waals surface area contributed by atoms with Gasteiger partial charge in [-0.2, -0.15) is 0 Å². The van der Waals surface area contributed by atoms with E-state index in [-0.39, 0.29) is 5.54 Å². The standard InChI is InChI=1S/C13H20N2O/c1-10-5-4-6-11-12(10)16-8-7-13(11,9-14)15(2)3/h4-6H,7-9,14H2,1-3H3. The molecular formula is C13H20N2O. The molecule has 88 valence electrons. The molecule has 0 aromatic heterocycles. The van der Waals surface area contributed by atoms with E-state index in [0.717, 1.165) is 18.8 Å². The zero-order valence-corrected chi connectivity index (χ0v) is 10.3. The molecule has 0 bridgehead atoms. The van der Waals surface area contributed by atoms with E-state index >= 15 is 0 Å². The first-order valence-corrected chi connectivity index (χ1v) is 5.72. The number of ether oxygens (including phenoxy) is 1. The van der Waals surface area contributed by atoms with Crippen LogP contribution < -0.4 is 10.5 Å². The van der Waals surface area contributed by atoms with Crippen molar-refractivity contribution in [2.75, 3.05) is 27.2 Å². The summed E-state index contributed by atoms with van der Waals surface area (Å²) in [6, 6.07) is 6.30. The molecule has 0 amide bonds. The second kappa shape index (κ2) is 4.07. The molecule has 1 atom stereocenters. The summed E-state index contributed by atoms with van der Waals surface area (Å²) >= 11 is 0. The average Bonchev–Trinajstić information content (AvgIpc) is 2.28. The number of nitrogens with two attached hydrogens (primary N) is 1. The van der Waals surface area contributed by atoms with Crippen LogP contribution in [0.4, 0.5) is 0 Å². The minimum Gasteiger partial charge on any atom is -0.493 e. The van der Waals surface area contributed by atoms with Gasteiger partial charge in [-0.15, -0.1) is 0 Å². The molecule has 1 aromatic carbocycles. The summed E-state index contributed by atoms with van der Waals surface area (Å²) in [5.74, 6) is 1.02. The lowest BCUT2D eigenvalue weighted by Crippen LogP contribution is -2.50. The van der Waals surface area contributed by atoms with Gasteiger partial charge in [0.1, 0.15) is 5.75 Å². The van der Waals surface area contributed by atoms with Gasteiger partial charge in [-0.25, -0.2) is 0 Å². The van der Waals surface area contributed by atoms with Crippen LogP contribution in [0.1, 0.15) is 17.5 Å². The van der Waals surface area contributed by atoms with Crippen molar-refractivity contribution in [1.82, 2.24) is 4.90 Å². The van der Waals surface area contributed by atoms with Gasteiger partial charge >= 0.3 is 0 Å². The summed E-state index contributed by atoms with van der Waals surface area (Å²) in [6.07, 6.45) is 0.951. The Morgan fingerprint density at radius 1 is 1.44 bits per heavy atom. The van der Waals surface area contributed by atoms with Gasteiger partial charge in [0.25, 0.3) is 0 Å². The van der Waals surface area contributed by atoms with Crippen molar-refractivity contribution >= 4 is 0 Å². The Morgan fingerprint density at radius 3 is 2.81 bits per heavy atom. The molecule has 1 aliphatic heterocycles. The highest BCUT2D eigenvalue weighted by Crippen LogP contribution is 2.41. The van der Waals surface area contributed by atoms with Crippen LogP contribution in [-0.4, -0.2) is 32.1 Å². The number of hydrogen-bond donors (Lipinski definition) is 1. The Morgan fingerprint density at radius 2 is 2.19 bits per heavy atom. The Balaban J connectivity index is 2.58. The molecule has 1 aliphatic rings. The number of para-hydroxylation sites is 1. The quantitative estimate of drug-likeness (QED) is 0.820. The molecule has 0 radical (unpaired) electrons. The van der Waals surface area contributed by atoms with Crippen LogP contribution in [0.5, 0.6) is 5.75 Å². The number of likely N-dealkylation sites (N-methyl/N-ethyl adjacent to an activating group) is 1. The fraction of sp³-hybridized carbons (Fsp3) is 0.538. The lowest BCUT2D eigenvalue weighted by molar-refractivity contribution is 0.0933. The molecule has 16 heavy (non-hydrogen) atoms. The molecule has 2 rings (SSSR count). The minimum atomic E-state index is -0.0698.